The second-order valence-corrected chi connectivity index (χ2v) is 14.9. The SMILES string of the molecule is [2H]c1c([2H])c([2H])c(-c2c([2H])c([2H])c([2H])c(-c3cccc4oc5cc(-c6cccc(-c7nc(-c8ccccc8)nc(-c8ccc9c(c8)-c8ccccc8C9(C)C)n7)c6)ccc5c34)c2[2H])c([2H])c1[2H]. The van der Waals surface area contributed by atoms with Crippen molar-refractivity contribution in [2.24, 2.45) is 0 Å². The summed E-state index contributed by atoms with van der Waals surface area (Å²) in [5.41, 5.74) is 9.66. The van der Waals surface area contributed by atoms with Crippen LogP contribution in [0.1, 0.15) is 37.3 Å². The number of fused-ring (bicyclic) bond motifs is 6. The van der Waals surface area contributed by atoms with E-state index in [2.05, 4.69) is 56.3 Å². The van der Waals surface area contributed by atoms with Crippen molar-refractivity contribution in [1.82, 2.24) is 15.0 Å². The molecule has 1 aliphatic carbocycles. The highest BCUT2D eigenvalue weighted by Crippen LogP contribution is 2.49. The number of rotatable bonds is 6. The van der Waals surface area contributed by atoms with Crippen molar-refractivity contribution in [3.05, 3.63) is 199 Å². The van der Waals surface area contributed by atoms with E-state index in [1.54, 1.807) is 18.2 Å². The molecule has 0 radical (unpaired) electrons. The molecule has 0 N–H and O–H groups in total. The Balaban J connectivity index is 1.02. The number of hydrogen-bond donors (Lipinski definition) is 0. The fraction of sp³-hybridized carbons (Fsp3) is 0.0556. The molecule has 274 valence electrons. The molecule has 0 fully saturated rings. The first-order valence-electron chi connectivity index (χ1n) is 23.5. The molecular formula is C54H37N3O. The summed E-state index contributed by atoms with van der Waals surface area (Å²) in [5, 5.41) is 1.24. The number of furan rings is 1. The van der Waals surface area contributed by atoms with Gasteiger partial charge in [-0.25, -0.2) is 15.0 Å². The summed E-state index contributed by atoms with van der Waals surface area (Å²) >= 11 is 0. The van der Waals surface area contributed by atoms with E-state index in [1.165, 1.54) is 22.3 Å². The maximum Gasteiger partial charge on any atom is 0.164 e. The number of nitrogens with zero attached hydrogens (tertiary/aromatic N) is 3. The quantitative estimate of drug-likeness (QED) is 0.170. The van der Waals surface area contributed by atoms with Gasteiger partial charge in [0.05, 0.1) is 12.3 Å². The Kier molecular flexibility index (Phi) is 5.91. The largest absolute Gasteiger partial charge is 0.456 e. The lowest BCUT2D eigenvalue weighted by Crippen LogP contribution is -2.14. The Hall–Kier alpha value is -7.43. The van der Waals surface area contributed by atoms with Gasteiger partial charge in [0, 0.05) is 32.9 Å². The maximum atomic E-state index is 9.35. The smallest absolute Gasteiger partial charge is 0.164 e. The minimum atomic E-state index is -0.622. The zero-order valence-electron chi connectivity index (χ0n) is 40.5. The van der Waals surface area contributed by atoms with Crippen LogP contribution in [0.5, 0.6) is 0 Å². The summed E-state index contributed by atoms with van der Waals surface area (Å²) in [6.45, 7) is 4.51. The van der Waals surface area contributed by atoms with Crippen LogP contribution in [0, 0.1) is 0 Å². The maximum absolute atomic E-state index is 9.35. The minimum Gasteiger partial charge on any atom is -0.456 e. The fourth-order valence-corrected chi connectivity index (χ4v) is 8.24. The van der Waals surface area contributed by atoms with Crippen LogP contribution in [0.4, 0.5) is 0 Å². The zero-order valence-corrected chi connectivity index (χ0v) is 31.5. The van der Waals surface area contributed by atoms with Crippen molar-refractivity contribution in [3.63, 3.8) is 0 Å². The van der Waals surface area contributed by atoms with Crippen LogP contribution in [0.25, 0.3) is 101 Å². The highest BCUT2D eigenvalue weighted by atomic mass is 16.3. The van der Waals surface area contributed by atoms with Gasteiger partial charge in [0.15, 0.2) is 17.5 Å². The van der Waals surface area contributed by atoms with Gasteiger partial charge < -0.3 is 4.42 Å². The minimum absolute atomic E-state index is 0.0203. The Bertz CT molecular complexity index is 3710. The third kappa shape index (κ3) is 5.64. The molecule has 11 rings (SSSR count). The number of aromatic nitrogens is 3. The van der Waals surface area contributed by atoms with Crippen molar-refractivity contribution in [2.45, 2.75) is 19.3 Å². The van der Waals surface area contributed by atoms with Gasteiger partial charge in [-0.15, -0.1) is 0 Å². The second kappa shape index (κ2) is 13.4. The second-order valence-electron chi connectivity index (χ2n) is 14.9. The van der Waals surface area contributed by atoms with Crippen molar-refractivity contribution >= 4 is 21.9 Å². The lowest BCUT2D eigenvalue weighted by Gasteiger charge is -2.21. The number of benzene rings is 8. The zero-order chi connectivity index (χ0) is 46.6. The van der Waals surface area contributed by atoms with Gasteiger partial charge in [-0.2, -0.15) is 0 Å². The van der Waals surface area contributed by atoms with E-state index in [-0.39, 0.29) is 22.1 Å². The Morgan fingerprint density at radius 1 is 0.431 bits per heavy atom. The lowest BCUT2D eigenvalue weighted by molar-refractivity contribution is 0.660. The Morgan fingerprint density at radius 3 is 1.90 bits per heavy atom. The summed E-state index contributed by atoms with van der Waals surface area (Å²) < 4.78 is 84.1. The number of hydrogen-bond acceptors (Lipinski definition) is 4. The highest BCUT2D eigenvalue weighted by Gasteiger charge is 2.35. The molecule has 0 spiro atoms. The Morgan fingerprint density at radius 2 is 1.05 bits per heavy atom. The van der Waals surface area contributed by atoms with E-state index in [0.29, 0.717) is 45.0 Å². The molecule has 0 amide bonds. The highest BCUT2D eigenvalue weighted by molar-refractivity contribution is 6.13. The van der Waals surface area contributed by atoms with E-state index in [1.807, 2.05) is 72.8 Å². The topological polar surface area (TPSA) is 51.8 Å². The monoisotopic (exact) mass is 752 g/mol. The van der Waals surface area contributed by atoms with Crippen molar-refractivity contribution < 1.29 is 16.8 Å². The van der Waals surface area contributed by atoms with Gasteiger partial charge in [0.1, 0.15) is 11.2 Å². The van der Waals surface area contributed by atoms with Gasteiger partial charge in [0.2, 0.25) is 0 Å². The summed E-state index contributed by atoms with van der Waals surface area (Å²) in [4.78, 5) is 15.1. The summed E-state index contributed by atoms with van der Waals surface area (Å²) in [6.07, 6.45) is 0. The van der Waals surface area contributed by atoms with Crippen LogP contribution in [-0.2, 0) is 5.41 Å². The molecule has 0 aliphatic heterocycles. The molecule has 1 aliphatic rings. The first kappa shape index (κ1) is 25.7. The Labute approximate surface area is 349 Å². The molecule has 0 saturated heterocycles. The summed E-state index contributed by atoms with van der Waals surface area (Å²) in [5.74, 6) is 1.61. The summed E-state index contributed by atoms with van der Waals surface area (Å²) in [7, 11) is 0. The van der Waals surface area contributed by atoms with Gasteiger partial charge in [-0.05, 0) is 92.0 Å². The fourth-order valence-electron chi connectivity index (χ4n) is 8.24. The molecule has 0 atom stereocenters. The normalized spacial score (nSPS) is 15.0. The van der Waals surface area contributed by atoms with E-state index in [0.717, 1.165) is 27.8 Å². The van der Waals surface area contributed by atoms with Gasteiger partial charge in [0.25, 0.3) is 0 Å². The van der Waals surface area contributed by atoms with Crippen LogP contribution < -0.4 is 0 Å². The van der Waals surface area contributed by atoms with Crippen molar-refractivity contribution in [1.29, 1.82) is 0 Å². The van der Waals surface area contributed by atoms with Crippen LogP contribution >= 0.6 is 0 Å². The van der Waals surface area contributed by atoms with Crippen LogP contribution in [0.3, 0.4) is 0 Å². The molecule has 0 saturated carbocycles. The molecule has 4 heteroatoms. The molecule has 0 bridgehead atoms. The molecule has 58 heavy (non-hydrogen) atoms. The predicted molar refractivity (Wildman–Crippen MR) is 237 cm³/mol. The van der Waals surface area contributed by atoms with Crippen LogP contribution in [-0.4, -0.2) is 15.0 Å². The molecule has 2 heterocycles. The predicted octanol–water partition coefficient (Wildman–Crippen LogP) is 14.1. The van der Waals surface area contributed by atoms with E-state index < -0.39 is 54.4 Å². The lowest BCUT2D eigenvalue weighted by atomic mass is 9.82. The average molecular weight is 753 g/mol. The van der Waals surface area contributed by atoms with Gasteiger partial charge in [-0.1, -0.05) is 165 Å². The van der Waals surface area contributed by atoms with Gasteiger partial charge in [-0.3, -0.25) is 0 Å². The summed E-state index contributed by atoms with van der Waals surface area (Å²) in [6, 6.07) is 38.8. The molecule has 10 aromatic rings. The molecule has 8 aromatic carbocycles. The first-order valence-corrected chi connectivity index (χ1v) is 19.0. The van der Waals surface area contributed by atoms with Crippen LogP contribution in [0.2, 0.25) is 0 Å². The molecular weight excluding hydrogens is 707 g/mol. The third-order valence-electron chi connectivity index (χ3n) is 11.1. The molecule has 2 aromatic heterocycles. The standard InChI is InChI=1S/C54H37N3O/c1-54(2)46-24-10-9-22-43(46)45-32-41(27-29-47(45)54)53-56-51(35-16-7-4-8-17-35)55-52(57-53)40-21-12-19-37(31-40)38-26-28-44-49(33-38)58-48-25-13-23-42(50(44)48)39-20-11-18-36(30-39)34-14-5-3-6-15-34/h3-33H,1-2H3/i3D,5D,6D,11D,14D,15D,18D,20D,30D. The average Bonchev–Trinajstić information content (AvgIpc) is 3.84. The molecule has 4 nitrogen and oxygen atoms in total. The van der Waals surface area contributed by atoms with Gasteiger partial charge >= 0.3 is 0 Å². The first-order chi connectivity index (χ1) is 32.2. The molecule has 0 unspecified atom stereocenters. The van der Waals surface area contributed by atoms with E-state index in [4.69, 9.17) is 30.3 Å². The van der Waals surface area contributed by atoms with E-state index in [9.17, 15) is 1.37 Å². The van der Waals surface area contributed by atoms with Crippen LogP contribution in [0.15, 0.2) is 192 Å². The van der Waals surface area contributed by atoms with E-state index >= 15 is 0 Å². The van der Waals surface area contributed by atoms with Crippen molar-refractivity contribution in [3.8, 4) is 78.7 Å². The van der Waals surface area contributed by atoms with Crippen molar-refractivity contribution in [2.75, 3.05) is 0 Å². The third-order valence-corrected chi connectivity index (χ3v) is 11.1.